The lowest BCUT2D eigenvalue weighted by Gasteiger charge is -2.43. The summed E-state index contributed by atoms with van der Waals surface area (Å²) in [6, 6.07) is -2.26. The van der Waals surface area contributed by atoms with E-state index >= 15 is 0 Å². The molecule has 1 saturated heterocycles. The fourth-order valence-corrected chi connectivity index (χ4v) is 4.68. The second kappa shape index (κ2) is 13.4. The topological polar surface area (TPSA) is 340 Å². The Balaban J connectivity index is 3.56. The molecule has 0 aromatic heterocycles. The second-order valence-electron chi connectivity index (χ2n) is 7.76. The average molecular weight is 626 g/mol. The number of rotatable bonds is 15. The Labute approximate surface area is 215 Å². The molecule has 38 heavy (non-hydrogen) atoms. The number of aliphatic hydroxyl groups excluding tert-OH is 4. The molecular weight excluding hydrogens is 598 g/mol. The van der Waals surface area contributed by atoms with Gasteiger partial charge in [-0.3, -0.25) is 13.7 Å². The molecule has 1 fully saturated rings. The third-order valence-corrected chi connectivity index (χ3v) is 6.36. The summed E-state index contributed by atoms with van der Waals surface area (Å²) >= 11 is 0. The first-order valence-electron chi connectivity index (χ1n) is 9.89. The quantitative estimate of drug-likeness (QED) is 0.0605. The maximum atomic E-state index is 11.4. The van der Waals surface area contributed by atoms with Gasteiger partial charge in [0.25, 0.3) is 0 Å². The fraction of sp³-hybridized carbons (Fsp3) is 0.929. The molecule has 9 N–H and O–H groups in total. The van der Waals surface area contributed by atoms with Crippen molar-refractivity contribution in [2.75, 3.05) is 13.7 Å². The first kappa shape index (κ1) is 34.8. The zero-order chi connectivity index (χ0) is 29.8. The van der Waals surface area contributed by atoms with Gasteiger partial charge in [0.1, 0.15) is 24.4 Å². The van der Waals surface area contributed by atoms with E-state index in [1.807, 2.05) is 0 Å². The molecule has 226 valence electrons. The van der Waals surface area contributed by atoms with Gasteiger partial charge in [-0.25, -0.2) is 13.2 Å². The summed E-state index contributed by atoms with van der Waals surface area (Å²) < 4.78 is 118. The molecule has 0 radical (unpaired) electrons. The maximum absolute atomic E-state index is 11.4. The van der Waals surface area contributed by atoms with Crippen LogP contribution in [0.3, 0.4) is 0 Å². The number of carboxylic acid groups (broad SMARTS) is 1. The number of hydrogen-bond acceptors (Lipinski definition) is 16. The lowest BCUT2D eigenvalue weighted by molar-refractivity contribution is -0.312. The van der Waals surface area contributed by atoms with E-state index in [-0.39, 0.29) is 0 Å². The molecule has 24 heteroatoms. The molecule has 0 aromatic carbocycles. The van der Waals surface area contributed by atoms with Crippen molar-refractivity contribution in [3.8, 4) is 0 Å². The third kappa shape index (κ3) is 10.8. The number of nitrogens with one attached hydrogen (secondary N) is 1. The normalized spacial score (nSPS) is 29.2. The van der Waals surface area contributed by atoms with Crippen LogP contribution in [0, 0.1) is 5.92 Å². The third-order valence-electron chi connectivity index (χ3n) is 4.89. The highest BCUT2D eigenvalue weighted by Gasteiger charge is 2.52. The number of hydrogen-bond donors (Lipinski definition) is 9. The second-order valence-corrected chi connectivity index (χ2v) is 11.1. The Bertz CT molecular complexity index is 1110. The molecule has 0 saturated carbocycles. The molecule has 10 atom stereocenters. The predicted molar refractivity (Wildman–Crippen MR) is 114 cm³/mol. The minimum absolute atomic E-state index is 0.812. The zero-order valence-corrected chi connectivity index (χ0v) is 21.6. The maximum Gasteiger partial charge on any atom is 0.397 e. The first-order valence-corrected chi connectivity index (χ1v) is 14.1. The molecule has 0 aliphatic carbocycles. The van der Waals surface area contributed by atoms with Gasteiger partial charge in [-0.2, -0.15) is 30.0 Å². The Morgan fingerprint density at radius 2 is 1.55 bits per heavy atom. The van der Waals surface area contributed by atoms with Crippen molar-refractivity contribution in [3.63, 3.8) is 0 Å². The molecule has 0 amide bonds. The van der Waals surface area contributed by atoms with E-state index in [4.69, 9.17) is 23.1 Å². The van der Waals surface area contributed by atoms with Gasteiger partial charge in [-0.1, -0.05) is 6.92 Å². The van der Waals surface area contributed by atoms with Gasteiger partial charge in [0.05, 0.1) is 12.7 Å². The van der Waals surface area contributed by atoms with Crippen molar-refractivity contribution in [3.05, 3.63) is 0 Å². The Morgan fingerprint density at radius 3 is 1.97 bits per heavy atom. The molecule has 1 heterocycles. The fourth-order valence-electron chi connectivity index (χ4n) is 3.21. The van der Waals surface area contributed by atoms with Gasteiger partial charge in [0.2, 0.25) is 0 Å². The van der Waals surface area contributed by atoms with Gasteiger partial charge in [0, 0.05) is 13.0 Å². The smallest absolute Gasteiger partial charge is 0.397 e. The van der Waals surface area contributed by atoms with E-state index in [2.05, 4.69) is 13.1 Å². The molecule has 0 bridgehead atoms. The van der Waals surface area contributed by atoms with E-state index in [0.717, 1.165) is 14.0 Å². The summed E-state index contributed by atoms with van der Waals surface area (Å²) in [5, 5.41) is 50.2. The van der Waals surface area contributed by atoms with Gasteiger partial charge in [-0.05, 0) is 0 Å². The van der Waals surface area contributed by atoms with Crippen LogP contribution in [0.5, 0.6) is 0 Å². The lowest BCUT2D eigenvalue weighted by atomic mass is 9.94. The minimum atomic E-state index is -5.48. The molecule has 1 aliphatic heterocycles. The standard InChI is InChI=1S/C14H27NO20S3/c1-4(3-32-37(25,26)27)9(6(16)5(13(21)31-2)15-36(22,23)24)33-14-11(35-38(28,29)30)8(18)7(17)10(34-14)12(19)20/h4-11,13-18,21H,3H2,1-2H3,(H,19,20)(H,22,23,24)(H,25,26,27)(H,28,29,30). The molecule has 1 aliphatic rings. The highest BCUT2D eigenvalue weighted by molar-refractivity contribution is 7.83. The Kier molecular flexibility index (Phi) is 12.3. The number of methoxy groups -OCH3 is 1. The van der Waals surface area contributed by atoms with Crippen LogP contribution in [-0.2, 0) is 58.5 Å². The van der Waals surface area contributed by atoms with Crippen molar-refractivity contribution in [2.24, 2.45) is 5.92 Å². The Morgan fingerprint density at radius 1 is 1.00 bits per heavy atom. The van der Waals surface area contributed by atoms with Gasteiger partial charge in [0.15, 0.2) is 24.8 Å². The summed E-state index contributed by atoms with van der Waals surface area (Å²) in [4.78, 5) is 11.4. The van der Waals surface area contributed by atoms with E-state index in [1.54, 1.807) is 0 Å². The van der Waals surface area contributed by atoms with Crippen molar-refractivity contribution < 1.29 is 91.8 Å². The molecular formula is C14H27NO20S3. The van der Waals surface area contributed by atoms with Crippen LogP contribution in [0.25, 0.3) is 0 Å². The van der Waals surface area contributed by atoms with Crippen molar-refractivity contribution in [1.82, 2.24) is 4.72 Å². The van der Waals surface area contributed by atoms with E-state index in [1.165, 1.54) is 4.72 Å². The summed E-state index contributed by atoms with van der Waals surface area (Å²) in [6.45, 7) is -0.0868. The van der Waals surface area contributed by atoms with Crippen molar-refractivity contribution in [2.45, 2.75) is 62.2 Å². The van der Waals surface area contributed by atoms with E-state index in [9.17, 15) is 55.6 Å². The molecule has 1 rings (SSSR count). The van der Waals surface area contributed by atoms with Crippen LogP contribution in [0.2, 0.25) is 0 Å². The predicted octanol–water partition coefficient (Wildman–Crippen LogP) is -5.37. The molecule has 0 spiro atoms. The SMILES string of the molecule is COC(O)C(NS(=O)(=O)O)C(O)C(OC1OC(C(=O)O)C(O)C(O)C1OS(=O)(=O)O)C(C)COS(=O)(=O)O. The monoisotopic (exact) mass is 625 g/mol. The van der Waals surface area contributed by atoms with Gasteiger partial charge >= 0.3 is 37.1 Å². The first-order chi connectivity index (χ1) is 17.1. The summed E-state index contributed by atoms with van der Waals surface area (Å²) in [5.74, 6) is -3.49. The highest BCUT2D eigenvalue weighted by atomic mass is 32.3. The number of carboxylic acids is 1. The molecule has 21 nitrogen and oxygen atoms in total. The van der Waals surface area contributed by atoms with Crippen LogP contribution in [0.4, 0.5) is 0 Å². The minimum Gasteiger partial charge on any atom is -0.479 e. The summed E-state index contributed by atoms with van der Waals surface area (Å²) in [6.07, 6.45) is -19.0. The summed E-state index contributed by atoms with van der Waals surface area (Å²) in [7, 11) is -15.0. The van der Waals surface area contributed by atoms with Crippen LogP contribution < -0.4 is 4.72 Å². The van der Waals surface area contributed by atoms with Crippen molar-refractivity contribution in [1.29, 1.82) is 0 Å². The highest BCUT2D eigenvalue weighted by Crippen LogP contribution is 2.30. The van der Waals surface area contributed by atoms with Crippen LogP contribution in [0.15, 0.2) is 0 Å². The van der Waals surface area contributed by atoms with Crippen LogP contribution in [0.1, 0.15) is 6.92 Å². The van der Waals surface area contributed by atoms with Crippen molar-refractivity contribution >= 4 is 37.1 Å². The van der Waals surface area contributed by atoms with E-state index < -0.39 is 105 Å². The lowest BCUT2D eigenvalue weighted by Crippen LogP contribution is -2.64. The number of carbonyl (C=O) groups is 1. The number of aliphatic carboxylic acids is 1. The van der Waals surface area contributed by atoms with Gasteiger partial charge in [-0.15, -0.1) is 0 Å². The average Bonchev–Trinajstić information content (AvgIpc) is 2.75. The van der Waals surface area contributed by atoms with Crippen LogP contribution in [-0.4, -0.2) is 139 Å². The molecule has 10 unspecified atom stereocenters. The van der Waals surface area contributed by atoms with Gasteiger partial charge < -0.3 is 39.7 Å². The number of aliphatic hydroxyl groups is 4. The van der Waals surface area contributed by atoms with Crippen LogP contribution >= 0.6 is 0 Å². The number of ether oxygens (including phenoxy) is 3. The molecule has 0 aromatic rings. The summed E-state index contributed by atoms with van der Waals surface area (Å²) in [5.41, 5.74) is 0. The van der Waals surface area contributed by atoms with E-state index in [0.29, 0.717) is 0 Å². The zero-order valence-electron chi connectivity index (χ0n) is 19.2. The Hall–Kier alpha value is -1.20. The largest absolute Gasteiger partial charge is 0.479 e.